The molecule has 0 aromatic heterocycles. The number of ether oxygens (including phenoxy) is 3. The van der Waals surface area contributed by atoms with Crippen molar-refractivity contribution in [1.29, 1.82) is 0 Å². The normalized spacial score (nSPS) is 10.2. The molecule has 0 aliphatic rings. The van der Waals surface area contributed by atoms with Gasteiger partial charge < -0.3 is 19.5 Å². The molecule has 0 radical (unpaired) electrons. The molecule has 176 valence electrons. The van der Waals surface area contributed by atoms with Crippen molar-refractivity contribution in [2.75, 3.05) is 26.4 Å². The number of benzene rings is 2. The molecule has 2 aromatic carbocycles. The molecule has 0 aliphatic carbocycles. The molecule has 0 bridgehead atoms. The number of hydrogen-bond acceptors (Lipinski definition) is 7. The number of ketones is 1. The molecule has 9 heteroatoms. The highest BCUT2D eigenvalue weighted by Crippen LogP contribution is 2.30. The van der Waals surface area contributed by atoms with E-state index in [2.05, 4.69) is 10.6 Å². The first-order valence-electron chi connectivity index (χ1n) is 10.7. The molecular weight excluding hydrogens is 428 g/mol. The van der Waals surface area contributed by atoms with E-state index in [-0.39, 0.29) is 11.1 Å². The van der Waals surface area contributed by atoms with Crippen LogP contribution < -0.4 is 20.1 Å². The van der Waals surface area contributed by atoms with Gasteiger partial charge in [0.15, 0.2) is 23.9 Å². The fourth-order valence-corrected chi connectivity index (χ4v) is 2.86. The fourth-order valence-electron chi connectivity index (χ4n) is 2.86. The third kappa shape index (κ3) is 7.34. The van der Waals surface area contributed by atoms with Gasteiger partial charge in [0.05, 0.1) is 18.8 Å². The predicted octanol–water partition coefficient (Wildman–Crippen LogP) is 3.11. The molecule has 0 aliphatic heterocycles. The lowest BCUT2D eigenvalue weighted by atomic mass is 9.98. The molecule has 0 spiro atoms. The van der Waals surface area contributed by atoms with Crippen LogP contribution in [0.25, 0.3) is 0 Å². The second-order valence-electron chi connectivity index (χ2n) is 6.78. The summed E-state index contributed by atoms with van der Waals surface area (Å²) >= 11 is 0. The van der Waals surface area contributed by atoms with Crippen LogP contribution in [0.4, 0.5) is 4.79 Å². The molecule has 0 saturated heterocycles. The number of amides is 3. The maximum Gasteiger partial charge on any atom is 0.339 e. The van der Waals surface area contributed by atoms with Gasteiger partial charge in [0.25, 0.3) is 5.91 Å². The maximum absolute atomic E-state index is 13.1. The number of imide groups is 1. The summed E-state index contributed by atoms with van der Waals surface area (Å²) in [6, 6.07) is 10.2. The Morgan fingerprint density at radius 3 is 2.18 bits per heavy atom. The maximum atomic E-state index is 13.1. The Labute approximate surface area is 192 Å². The molecule has 3 amide bonds. The highest BCUT2D eigenvalue weighted by molar-refractivity contribution is 6.14. The zero-order valence-corrected chi connectivity index (χ0v) is 18.9. The largest absolute Gasteiger partial charge is 0.490 e. The quantitative estimate of drug-likeness (QED) is 0.394. The number of urea groups is 1. The minimum absolute atomic E-state index is 0.00224. The molecule has 2 N–H and O–H groups in total. The zero-order chi connectivity index (χ0) is 24.2. The predicted molar refractivity (Wildman–Crippen MR) is 121 cm³/mol. The molecular formula is C24H28N2O7. The average molecular weight is 456 g/mol. The summed E-state index contributed by atoms with van der Waals surface area (Å²) in [6.45, 7) is 6.10. The van der Waals surface area contributed by atoms with Crippen LogP contribution in [0.3, 0.4) is 0 Å². The van der Waals surface area contributed by atoms with Gasteiger partial charge in [0.1, 0.15) is 0 Å². The van der Waals surface area contributed by atoms with Gasteiger partial charge in [-0.1, -0.05) is 25.1 Å². The van der Waals surface area contributed by atoms with Gasteiger partial charge in [-0.15, -0.1) is 0 Å². The number of nitrogens with one attached hydrogen (secondary N) is 2. The van der Waals surface area contributed by atoms with E-state index in [0.717, 1.165) is 0 Å². The third-order valence-electron chi connectivity index (χ3n) is 4.32. The van der Waals surface area contributed by atoms with Crippen molar-refractivity contribution < 1.29 is 33.4 Å². The standard InChI is InChI=1S/C24H28N2O7/c1-4-13-25-24(30)26-21(27)15-33-23(29)18-10-8-7-9-17(18)22(28)16-11-12-19(31-5-2)20(14-16)32-6-3/h7-12,14H,4-6,13,15H2,1-3H3,(H2,25,26,27,30). The first kappa shape index (κ1) is 25.4. The monoisotopic (exact) mass is 456 g/mol. The van der Waals surface area contributed by atoms with Gasteiger partial charge in [0.2, 0.25) is 0 Å². The fraction of sp³-hybridized carbons (Fsp3) is 0.333. The van der Waals surface area contributed by atoms with Crippen LogP contribution in [0.1, 0.15) is 53.5 Å². The van der Waals surface area contributed by atoms with Crippen molar-refractivity contribution in [3.63, 3.8) is 0 Å². The summed E-state index contributed by atoms with van der Waals surface area (Å²) in [5.41, 5.74) is 0.403. The molecule has 0 heterocycles. The minimum Gasteiger partial charge on any atom is -0.490 e. The van der Waals surface area contributed by atoms with Gasteiger partial charge in [-0.3, -0.25) is 14.9 Å². The Morgan fingerprint density at radius 1 is 0.848 bits per heavy atom. The number of carbonyl (C=O) groups excluding carboxylic acids is 4. The first-order chi connectivity index (χ1) is 15.9. The van der Waals surface area contributed by atoms with Gasteiger partial charge in [-0.25, -0.2) is 9.59 Å². The van der Waals surface area contributed by atoms with E-state index in [0.29, 0.717) is 43.2 Å². The Kier molecular flexibility index (Phi) is 9.88. The van der Waals surface area contributed by atoms with E-state index in [1.54, 1.807) is 30.3 Å². The lowest BCUT2D eigenvalue weighted by Gasteiger charge is -2.13. The molecule has 33 heavy (non-hydrogen) atoms. The Morgan fingerprint density at radius 2 is 1.52 bits per heavy atom. The van der Waals surface area contributed by atoms with E-state index in [9.17, 15) is 19.2 Å². The van der Waals surface area contributed by atoms with Gasteiger partial charge >= 0.3 is 12.0 Å². The van der Waals surface area contributed by atoms with Crippen LogP contribution in [0.15, 0.2) is 42.5 Å². The second-order valence-corrected chi connectivity index (χ2v) is 6.78. The van der Waals surface area contributed by atoms with Crippen LogP contribution in [-0.2, 0) is 9.53 Å². The smallest absolute Gasteiger partial charge is 0.339 e. The van der Waals surface area contributed by atoms with E-state index < -0.39 is 30.3 Å². The van der Waals surface area contributed by atoms with Gasteiger partial charge in [0, 0.05) is 17.7 Å². The van der Waals surface area contributed by atoms with Crippen LogP contribution >= 0.6 is 0 Å². The van der Waals surface area contributed by atoms with Gasteiger partial charge in [-0.2, -0.15) is 0 Å². The zero-order valence-electron chi connectivity index (χ0n) is 18.9. The second kappa shape index (κ2) is 12.8. The molecule has 0 unspecified atom stereocenters. The topological polar surface area (TPSA) is 120 Å². The van der Waals surface area contributed by atoms with Crippen LogP contribution in [-0.4, -0.2) is 50.1 Å². The molecule has 2 aromatic rings. The van der Waals surface area contributed by atoms with Crippen molar-refractivity contribution in [2.24, 2.45) is 0 Å². The summed E-state index contributed by atoms with van der Waals surface area (Å²) in [7, 11) is 0. The Hall–Kier alpha value is -3.88. The summed E-state index contributed by atoms with van der Waals surface area (Å²) in [6.07, 6.45) is 0.710. The molecule has 0 saturated carbocycles. The summed E-state index contributed by atoms with van der Waals surface area (Å²) < 4.78 is 16.1. The molecule has 2 rings (SSSR count). The van der Waals surface area contributed by atoms with E-state index in [1.165, 1.54) is 12.1 Å². The van der Waals surface area contributed by atoms with Crippen LogP contribution in [0.5, 0.6) is 11.5 Å². The van der Waals surface area contributed by atoms with Crippen molar-refractivity contribution in [3.8, 4) is 11.5 Å². The van der Waals surface area contributed by atoms with E-state index in [4.69, 9.17) is 14.2 Å². The minimum atomic E-state index is -0.862. The molecule has 0 atom stereocenters. The summed E-state index contributed by atoms with van der Waals surface area (Å²) in [5.74, 6) is -1.14. The van der Waals surface area contributed by atoms with Crippen LogP contribution in [0.2, 0.25) is 0 Å². The average Bonchev–Trinajstić information content (AvgIpc) is 2.82. The SMILES string of the molecule is CCCNC(=O)NC(=O)COC(=O)c1ccccc1C(=O)c1ccc(OCC)c(OCC)c1. The number of esters is 1. The lowest BCUT2D eigenvalue weighted by molar-refractivity contribution is -0.123. The number of hydrogen-bond donors (Lipinski definition) is 2. The first-order valence-corrected chi connectivity index (χ1v) is 10.7. The van der Waals surface area contributed by atoms with Crippen LogP contribution in [0, 0.1) is 0 Å². The Balaban J connectivity index is 2.15. The van der Waals surface area contributed by atoms with Gasteiger partial charge in [-0.05, 0) is 44.5 Å². The van der Waals surface area contributed by atoms with Crippen molar-refractivity contribution >= 4 is 23.7 Å². The highest BCUT2D eigenvalue weighted by Gasteiger charge is 2.21. The number of carbonyl (C=O) groups is 4. The molecule has 9 nitrogen and oxygen atoms in total. The van der Waals surface area contributed by atoms with Crippen molar-refractivity contribution in [2.45, 2.75) is 27.2 Å². The third-order valence-corrected chi connectivity index (χ3v) is 4.32. The van der Waals surface area contributed by atoms with E-state index >= 15 is 0 Å². The molecule has 0 fully saturated rings. The van der Waals surface area contributed by atoms with E-state index in [1.807, 2.05) is 20.8 Å². The van der Waals surface area contributed by atoms with Crippen molar-refractivity contribution in [1.82, 2.24) is 10.6 Å². The highest BCUT2D eigenvalue weighted by atomic mass is 16.5. The Bertz CT molecular complexity index is 1000. The summed E-state index contributed by atoms with van der Waals surface area (Å²) in [5, 5.41) is 4.53. The van der Waals surface area contributed by atoms with Crippen molar-refractivity contribution in [3.05, 3.63) is 59.2 Å². The summed E-state index contributed by atoms with van der Waals surface area (Å²) in [4.78, 5) is 49.1. The number of rotatable bonds is 11. The lowest BCUT2D eigenvalue weighted by Crippen LogP contribution is -2.41.